The van der Waals surface area contributed by atoms with Gasteiger partial charge in [-0.25, -0.2) is 4.98 Å². The number of nitrogens with zero attached hydrogens (tertiary/aromatic N) is 1. The highest BCUT2D eigenvalue weighted by Gasteiger charge is 2.13. The molecule has 1 atom stereocenters. The second kappa shape index (κ2) is 4.99. The van der Waals surface area contributed by atoms with Gasteiger partial charge >= 0.3 is 0 Å². The van der Waals surface area contributed by atoms with Gasteiger partial charge in [-0.05, 0) is 25.6 Å². The van der Waals surface area contributed by atoms with Crippen LogP contribution in [0.2, 0.25) is 0 Å². The van der Waals surface area contributed by atoms with E-state index in [1.54, 1.807) is 11.8 Å². The van der Waals surface area contributed by atoms with E-state index in [0.29, 0.717) is 6.04 Å². The normalized spacial score (nSPS) is 13.9. The van der Waals surface area contributed by atoms with Gasteiger partial charge in [0.2, 0.25) is 0 Å². The molecule has 0 aliphatic carbocycles. The maximum atomic E-state index is 4.46. The number of aromatic nitrogens is 1. The highest BCUT2D eigenvalue weighted by Crippen LogP contribution is 2.30. The van der Waals surface area contributed by atoms with E-state index in [1.807, 2.05) is 13.2 Å². The van der Waals surface area contributed by atoms with Crippen molar-refractivity contribution in [3.8, 4) is 0 Å². The predicted molar refractivity (Wildman–Crippen MR) is 67.3 cm³/mol. The summed E-state index contributed by atoms with van der Waals surface area (Å²) in [6.45, 7) is 8.73. The van der Waals surface area contributed by atoms with Crippen molar-refractivity contribution in [1.82, 2.24) is 10.3 Å². The van der Waals surface area contributed by atoms with E-state index in [2.05, 4.69) is 50.1 Å². The second-order valence-corrected chi connectivity index (χ2v) is 6.50. The molecule has 0 saturated heterocycles. The van der Waals surface area contributed by atoms with Crippen LogP contribution in [-0.2, 0) is 0 Å². The van der Waals surface area contributed by atoms with Crippen molar-refractivity contribution in [2.24, 2.45) is 0 Å². The van der Waals surface area contributed by atoms with Gasteiger partial charge in [0.15, 0.2) is 0 Å². The average Bonchev–Trinajstić information content (AvgIpc) is 2.15. The molecule has 0 saturated carbocycles. The number of hydrogen-bond acceptors (Lipinski definition) is 3. The van der Waals surface area contributed by atoms with Gasteiger partial charge in [0, 0.05) is 17.0 Å². The van der Waals surface area contributed by atoms with Gasteiger partial charge in [0.25, 0.3) is 0 Å². The van der Waals surface area contributed by atoms with Crippen molar-refractivity contribution in [3.05, 3.63) is 23.9 Å². The summed E-state index contributed by atoms with van der Waals surface area (Å²) in [6, 6.07) is 4.60. The maximum absolute atomic E-state index is 4.46. The average molecular weight is 224 g/mol. The van der Waals surface area contributed by atoms with Crippen LogP contribution in [0.3, 0.4) is 0 Å². The molecule has 0 fully saturated rings. The summed E-state index contributed by atoms with van der Waals surface area (Å²) in [6.07, 6.45) is 1.95. The Balaban J connectivity index is 2.72. The molecule has 0 aliphatic heterocycles. The Kier molecular flexibility index (Phi) is 4.17. The minimum atomic E-state index is 0.225. The summed E-state index contributed by atoms with van der Waals surface area (Å²) in [5, 5.41) is 4.29. The minimum absolute atomic E-state index is 0.225. The molecule has 1 aromatic rings. The lowest BCUT2D eigenvalue weighted by atomic mass is 10.1. The van der Waals surface area contributed by atoms with Gasteiger partial charge in [0.05, 0.1) is 5.03 Å². The predicted octanol–water partition coefficient (Wildman–Crippen LogP) is 3.25. The van der Waals surface area contributed by atoms with E-state index < -0.39 is 0 Å². The SMILES string of the molecule is CNC(C)c1ccc(SC(C)(C)C)nc1. The number of nitrogens with one attached hydrogen (secondary N) is 1. The van der Waals surface area contributed by atoms with Crippen molar-refractivity contribution >= 4 is 11.8 Å². The zero-order valence-electron chi connectivity index (χ0n) is 10.2. The largest absolute Gasteiger partial charge is 0.313 e. The molecule has 3 heteroatoms. The van der Waals surface area contributed by atoms with Crippen LogP contribution in [-0.4, -0.2) is 16.8 Å². The van der Waals surface area contributed by atoms with Crippen LogP contribution in [0.1, 0.15) is 39.3 Å². The van der Waals surface area contributed by atoms with Crippen LogP contribution in [0.25, 0.3) is 0 Å². The van der Waals surface area contributed by atoms with Gasteiger partial charge in [-0.15, -0.1) is 11.8 Å². The van der Waals surface area contributed by atoms with Gasteiger partial charge in [-0.3, -0.25) is 0 Å². The lowest BCUT2D eigenvalue weighted by Crippen LogP contribution is -2.12. The lowest BCUT2D eigenvalue weighted by Gasteiger charge is -2.17. The van der Waals surface area contributed by atoms with E-state index in [0.717, 1.165) is 5.03 Å². The Morgan fingerprint density at radius 1 is 1.33 bits per heavy atom. The number of thioether (sulfide) groups is 1. The standard InChI is InChI=1S/C12H20N2S/c1-9(13-5)10-6-7-11(14-8-10)15-12(2,3)4/h6-9,13H,1-5H3. The number of rotatable bonds is 3. The number of hydrogen-bond donors (Lipinski definition) is 1. The first-order valence-corrected chi connectivity index (χ1v) is 6.06. The van der Waals surface area contributed by atoms with Crippen molar-refractivity contribution in [2.45, 2.75) is 43.5 Å². The third-order valence-corrected chi connectivity index (χ3v) is 3.17. The van der Waals surface area contributed by atoms with E-state index in [1.165, 1.54) is 5.56 Å². The zero-order valence-corrected chi connectivity index (χ0v) is 11.0. The number of pyridine rings is 1. The van der Waals surface area contributed by atoms with E-state index >= 15 is 0 Å². The van der Waals surface area contributed by atoms with Crippen LogP contribution >= 0.6 is 11.8 Å². The molecule has 0 amide bonds. The first-order valence-electron chi connectivity index (χ1n) is 5.24. The Morgan fingerprint density at radius 3 is 2.40 bits per heavy atom. The fourth-order valence-corrected chi connectivity index (χ4v) is 2.06. The summed E-state index contributed by atoms with van der Waals surface area (Å²) < 4.78 is 0.225. The molecule has 0 aliphatic rings. The highest BCUT2D eigenvalue weighted by atomic mass is 32.2. The first kappa shape index (κ1) is 12.5. The van der Waals surface area contributed by atoms with Crippen LogP contribution in [0.15, 0.2) is 23.4 Å². The molecule has 1 heterocycles. The van der Waals surface area contributed by atoms with Gasteiger partial charge in [0.1, 0.15) is 0 Å². The highest BCUT2D eigenvalue weighted by molar-refractivity contribution is 8.00. The molecular weight excluding hydrogens is 204 g/mol. The van der Waals surface area contributed by atoms with E-state index in [4.69, 9.17) is 0 Å². The maximum Gasteiger partial charge on any atom is 0.0965 e. The summed E-state index contributed by atoms with van der Waals surface area (Å²) in [5.74, 6) is 0. The molecule has 1 N–H and O–H groups in total. The van der Waals surface area contributed by atoms with E-state index in [9.17, 15) is 0 Å². The molecular formula is C12H20N2S. The Labute approximate surface area is 96.9 Å². The van der Waals surface area contributed by atoms with Crippen molar-refractivity contribution in [1.29, 1.82) is 0 Å². The quantitative estimate of drug-likeness (QED) is 0.798. The first-order chi connectivity index (χ1) is 6.92. The molecule has 1 unspecified atom stereocenters. The molecule has 84 valence electrons. The van der Waals surface area contributed by atoms with Crippen molar-refractivity contribution < 1.29 is 0 Å². The Morgan fingerprint density at radius 2 is 2.00 bits per heavy atom. The van der Waals surface area contributed by atoms with Gasteiger partial charge in [-0.1, -0.05) is 26.8 Å². The summed E-state index contributed by atoms with van der Waals surface area (Å²) >= 11 is 1.80. The molecule has 0 bridgehead atoms. The fourth-order valence-electron chi connectivity index (χ4n) is 1.19. The lowest BCUT2D eigenvalue weighted by molar-refractivity contribution is 0.648. The monoisotopic (exact) mass is 224 g/mol. The third-order valence-electron chi connectivity index (χ3n) is 2.10. The molecule has 0 radical (unpaired) electrons. The second-order valence-electron chi connectivity index (χ2n) is 4.65. The molecule has 1 rings (SSSR count). The van der Waals surface area contributed by atoms with Gasteiger partial charge < -0.3 is 5.32 Å². The molecule has 2 nitrogen and oxygen atoms in total. The van der Waals surface area contributed by atoms with Crippen LogP contribution in [0.5, 0.6) is 0 Å². The van der Waals surface area contributed by atoms with Crippen LogP contribution < -0.4 is 5.32 Å². The smallest absolute Gasteiger partial charge is 0.0965 e. The van der Waals surface area contributed by atoms with Crippen molar-refractivity contribution in [3.63, 3.8) is 0 Å². The Hall–Kier alpha value is -0.540. The minimum Gasteiger partial charge on any atom is -0.313 e. The fraction of sp³-hybridized carbons (Fsp3) is 0.583. The van der Waals surface area contributed by atoms with Crippen LogP contribution in [0.4, 0.5) is 0 Å². The zero-order chi connectivity index (χ0) is 11.5. The molecule has 1 aromatic heterocycles. The summed E-state index contributed by atoms with van der Waals surface area (Å²) in [5.41, 5.74) is 1.23. The molecule has 0 spiro atoms. The van der Waals surface area contributed by atoms with E-state index in [-0.39, 0.29) is 4.75 Å². The molecule has 15 heavy (non-hydrogen) atoms. The third kappa shape index (κ3) is 4.22. The van der Waals surface area contributed by atoms with Crippen molar-refractivity contribution in [2.75, 3.05) is 7.05 Å². The summed E-state index contributed by atoms with van der Waals surface area (Å²) in [7, 11) is 1.96. The van der Waals surface area contributed by atoms with Gasteiger partial charge in [-0.2, -0.15) is 0 Å². The summed E-state index contributed by atoms with van der Waals surface area (Å²) in [4.78, 5) is 4.46. The van der Waals surface area contributed by atoms with Crippen LogP contribution in [0, 0.1) is 0 Å². The molecule has 0 aromatic carbocycles. The Bertz CT molecular complexity index is 300. The topological polar surface area (TPSA) is 24.9 Å².